The lowest BCUT2D eigenvalue weighted by Crippen LogP contribution is -2.00. The van der Waals surface area contributed by atoms with Crippen molar-refractivity contribution in [3.05, 3.63) is 200 Å². The Bertz CT molecular complexity index is 3830. The SMILES string of the molecule is c1ccc(-c2cccc(-c3nc(-c4ccc(-c5cc6ccccc6o5)cc4)nc(-c4cc5ccc6cccc7c8cccc9ccc%10cccc(c(c4)c5c67)c%10c98)n3)c2)cc1. The molecule has 0 N–H and O–H groups in total. The van der Waals surface area contributed by atoms with E-state index in [-0.39, 0.29) is 0 Å². The highest BCUT2D eigenvalue weighted by Gasteiger charge is 2.19. The van der Waals surface area contributed by atoms with Crippen LogP contribution in [0, 0.1) is 0 Å². The summed E-state index contributed by atoms with van der Waals surface area (Å²) >= 11 is 0. The van der Waals surface area contributed by atoms with Crippen molar-refractivity contribution in [2.45, 2.75) is 0 Å². The second-order valence-corrected chi connectivity index (χ2v) is 15.9. The number of furan rings is 1. The summed E-state index contributed by atoms with van der Waals surface area (Å²) in [6, 6.07) is 71.2. The molecule has 11 aromatic carbocycles. The van der Waals surface area contributed by atoms with Gasteiger partial charge in [0.2, 0.25) is 0 Å². The summed E-state index contributed by atoms with van der Waals surface area (Å²) in [7, 11) is 0. The molecule has 2 aromatic heterocycles. The fraction of sp³-hybridized carbons (Fsp3) is 0. The van der Waals surface area contributed by atoms with Crippen molar-refractivity contribution in [2.24, 2.45) is 0 Å². The quantitative estimate of drug-likeness (QED) is 0.163. The second kappa shape index (κ2) is 13.2. The molecule has 61 heavy (non-hydrogen) atoms. The van der Waals surface area contributed by atoms with E-state index in [0.29, 0.717) is 17.5 Å². The maximum atomic E-state index is 6.22. The monoisotopic (exact) mass is 775 g/mol. The highest BCUT2D eigenvalue weighted by molar-refractivity contribution is 6.37. The van der Waals surface area contributed by atoms with Crippen LogP contribution in [0.1, 0.15) is 0 Å². The Hall–Kier alpha value is -8.21. The van der Waals surface area contributed by atoms with Gasteiger partial charge in [-0.25, -0.2) is 15.0 Å². The molecule has 0 bridgehead atoms. The van der Waals surface area contributed by atoms with Crippen molar-refractivity contribution >= 4 is 75.6 Å². The van der Waals surface area contributed by atoms with Gasteiger partial charge in [0.05, 0.1) is 0 Å². The van der Waals surface area contributed by atoms with E-state index in [4.69, 9.17) is 19.4 Å². The number of nitrogens with zero attached hydrogens (tertiary/aromatic N) is 3. The van der Waals surface area contributed by atoms with Gasteiger partial charge in [-0.1, -0.05) is 170 Å². The van der Waals surface area contributed by atoms with Crippen LogP contribution in [0.25, 0.3) is 132 Å². The molecule has 0 saturated carbocycles. The van der Waals surface area contributed by atoms with Crippen molar-refractivity contribution in [3.63, 3.8) is 0 Å². The van der Waals surface area contributed by atoms with Crippen molar-refractivity contribution in [1.82, 2.24) is 15.0 Å². The standard InChI is InChI=1S/C57H33N3O/c1-2-10-34(11-3-1)40-16-6-17-43(30-40)56-58-55(39-27-22-35(23-28-39)50-33-41-12-4-5-21-49(41)61-50)59-57(60-56)44-31-42-29-26-38-14-8-19-46-45-18-7-13-36-24-25-37-15-9-20-47(53(37)51(36)45)48(32-44)54(42)52(38)46/h1-33H. The molecule has 0 saturated heterocycles. The van der Waals surface area contributed by atoms with Crippen molar-refractivity contribution in [3.8, 4) is 56.6 Å². The number of hydrogen-bond donors (Lipinski definition) is 0. The number of benzene rings is 10. The van der Waals surface area contributed by atoms with Crippen LogP contribution in [0.4, 0.5) is 0 Å². The van der Waals surface area contributed by atoms with Crippen LogP contribution in [-0.4, -0.2) is 15.0 Å². The summed E-state index contributed by atoms with van der Waals surface area (Å²) in [6.07, 6.45) is 0. The topological polar surface area (TPSA) is 51.8 Å². The molecular weight excluding hydrogens is 743 g/mol. The van der Waals surface area contributed by atoms with Crippen LogP contribution < -0.4 is 0 Å². The van der Waals surface area contributed by atoms with Gasteiger partial charge in [0, 0.05) is 27.6 Å². The second-order valence-electron chi connectivity index (χ2n) is 15.9. The Labute approximate surface area is 350 Å². The van der Waals surface area contributed by atoms with Crippen molar-refractivity contribution in [2.75, 3.05) is 0 Å². The Balaban J connectivity index is 1.07. The first kappa shape index (κ1) is 33.7. The molecule has 0 aliphatic carbocycles. The van der Waals surface area contributed by atoms with Gasteiger partial charge in [-0.3, -0.25) is 0 Å². The molecule has 4 nitrogen and oxygen atoms in total. The predicted molar refractivity (Wildman–Crippen MR) is 253 cm³/mol. The van der Waals surface area contributed by atoms with Crippen LogP contribution in [0.5, 0.6) is 0 Å². The first-order valence-electron chi connectivity index (χ1n) is 20.7. The van der Waals surface area contributed by atoms with E-state index in [2.05, 4.69) is 176 Å². The van der Waals surface area contributed by atoms with Crippen molar-refractivity contribution in [1.29, 1.82) is 0 Å². The molecule has 0 aliphatic rings. The molecule has 0 aliphatic heterocycles. The van der Waals surface area contributed by atoms with Gasteiger partial charge < -0.3 is 4.42 Å². The lowest BCUT2D eigenvalue weighted by molar-refractivity contribution is 0.631. The molecule has 0 unspecified atom stereocenters. The van der Waals surface area contributed by atoms with Crippen LogP contribution in [0.3, 0.4) is 0 Å². The van der Waals surface area contributed by atoms with E-state index >= 15 is 0 Å². The zero-order chi connectivity index (χ0) is 40.0. The first-order chi connectivity index (χ1) is 30.2. The largest absolute Gasteiger partial charge is 0.456 e. The molecule has 2 heterocycles. The molecule has 0 atom stereocenters. The summed E-state index contributed by atoms with van der Waals surface area (Å²) in [5.41, 5.74) is 6.84. The van der Waals surface area contributed by atoms with E-state index in [1.54, 1.807) is 0 Å². The third-order valence-corrected chi connectivity index (χ3v) is 12.4. The van der Waals surface area contributed by atoms with Gasteiger partial charge in [-0.05, 0) is 106 Å². The third kappa shape index (κ3) is 5.36. The Morgan fingerprint density at radius 1 is 0.262 bits per heavy atom. The maximum Gasteiger partial charge on any atom is 0.164 e. The maximum absolute atomic E-state index is 6.22. The third-order valence-electron chi connectivity index (χ3n) is 12.4. The van der Waals surface area contributed by atoms with Gasteiger partial charge in [0.1, 0.15) is 11.3 Å². The minimum Gasteiger partial charge on any atom is -0.456 e. The lowest BCUT2D eigenvalue weighted by atomic mass is 9.87. The lowest BCUT2D eigenvalue weighted by Gasteiger charge is -2.17. The van der Waals surface area contributed by atoms with Crippen LogP contribution >= 0.6 is 0 Å². The fourth-order valence-corrected chi connectivity index (χ4v) is 9.55. The molecule has 13 rings (SSSR count). The molecule has 13 aromatic rings. The Morgan fingerprint density at radius 2 is 0.754 bits per heavy atom. The van der Waals surface area contributed by atoms with Crippen LogP contribution in [-0.2, 0) is 0 Å². The van der Waals surface area contributed by atoms with E-state index in [0.717, 1.165) is 55.5 Å². The highest BCUT2D eigenvalue weighted by Crippen LogP contribution is 2.44. The van der Waals surface area contributed by atoms with E-state index in [1.165, 1.54) is 59.2 Å². The molecule has 282 valence electrons. The minimum atomic E-state index is 0.602. The van der Waals surface area contributed by atoms with E-state index in [1.807, 2.05) is 24.3 Å². The summed E-state index contributed by atoms with van der Waals surface area (Å²) in [5, 5.41) is 15.8. The number of hydrogen-bond acceptors (Lipinski definition) is 4. The molecule has 0 amide bonds. The van der Waals surface area contributed by atoms with E-state index in [9.17, 15) is 0 Å². The highest BCUT2D eigenvalue weighted by atomic mass is 16.3. The van der Waals surface area contributed by atoms with Crippen LogP contribution in [0.15, 0.2) is 205 Å². The van der Waals surface area contributed by atoms with Gasteiger partial charge in [0.15, 0.2) is 17.5 Å². The summed E-state index contributed by atoms with van der Waals surface area (Å²) < 4.78 is 6.22. The molecular formula is C57H33N3O. The normalized spacial score (nSPS) is 11.9. The smallest absolute Gasteiger partial charge is 0.164 e. The average molecular weight is 776 g/mol. The zero-order valence-corrected chi connectivity index (χ0v) is 32.8. The molecule has 0 radical (unpaired) electrons. The first-order valence-corrected chi connectivity index (χ1v) is 20.7. The van der Waals surface area contributed by atoms with Gasteiger partial charge >= 0.3 is 0 Å². The van der Waals surface area contributed by atoms with Crippen LogP contribution in [0.2, 0.25) is 0 Å². The minimum absolute atomic E-state index is 0.602. The number of rotatable bonds is 5. The fourth-order valence-electron chi connectivity index (χ4n) is 9.55. The molecule has 0 spiro atoms. The molecule has 0 fully saturated rings. The van der Waals surface area contributed by atoms with Gasteiger partial charge in [-0.15, -0.1) is 0 Å². The molecule has 4 heteroatoms. The van der Waals surface area contributed by atoms with Gasteiger partial charge in [0.25, 0.3) is 0 Å². The van der Waals surface area contributed by atoms with E-state index < -0.39 is 0 Å². The number of aromatic nitrogens is 3. The average Bonchev–Trinajstić information content (AvgIpc) is 3.77. The summed E-state index contributed by atoms with van der Waals surface area (Å²) in [4.78, 5) is 15.8. The Morgan fingerprint density at radius 3 is 1.43 bits per heavy atom. The van der Waals surface area contributed by atoms with Crippen molar-refractivity contribution < 1.29 is 4.42 Å². The summed E-state index contributed by atoms with van der Waals surface area (Å²) in [5.74, 6) is 2.66. The number of para-hydroxylation sites is 1. The number of fused-ring (bicyclic) bond motifs is 3. The Kier molecular flexibility index (Phi) is 7.27. The van der Waals surface area contributed by atoms with Gasteiger partial charge in [-0.2, -0.15) is 0 Å². The zero-order valence-electron chi connectivity index (χ0n) is 32.8. The summed E-state index contributed by atoms with van der Waals surface area (Å²) in [6.45, 7) is 0. The predicted octanol–water partition coefficient (Wildman–Crippen LogP) is 15.3.